The van der Waals surface area contributed by atoms with E-state index in [1.165, 1.54) is 51.4 Å². The summed E-state index contributed by atoms with van der Waals surface area (Å²) >= 11 is 0. The summed E-state index contributed by atoms with van der Waals surface area (Å²) in [6.07, 6.45) is 10.8. The number of ether oxygens (including phenoxy) is 1. The predicted molar refractivity (Wildman–Crippen MR) is 72.2 cm³/mol. The van der Waals surface area contributed by atoms with Crippen LogP contribution in [0.15, 0.2) is 0 Å². The fourth-order valence-electron chi connectivity index (χ4n) is 4.33. The van der Waals surface area contributed by atoms with E-state index in [9.17, 15) is 0 Å². The van der Waals surface area contributed by atoms with Gasteiger partial charge in [0.1, 0.15) is 0 Å². The smallest absolute Gasteiger partial charge is 0.0833 e. The molecule has 0 heterocycles. The minimum Gasteiger partial charge on any atom is -0.377 e. The van der Waals surface area contributed by atoms with Crippen LogP contribution < -0.4 is 5.32 Å². The second-order valence-corrected chi connectivity index (χ2v) is 6.27. The summed E-state index contributed by atoms with van der Waals surface area (Å²) < 4.78 is 5.98. The van der Waals surface area contributed by atoms with Crippen LogP contribution in [0.25, 0.3) is 0 Å². The van der Waals surface area contributed by atoms with Crippen molar-refractivity contribution in [1.82, 2.24) is 5.32 Å². The maximum atomic E-state index is 5.98. The van der Waals surface area contributed by atoms with E-state index in [1.54, 1.807) is 0 Å². The molecular formula is C15H29NO. The van der Waals surface area contributed by atoms with Crippen molar-refractivity contribution in [2.24, 2.45) is 11.8 Å². The molecule has 0 aromatic carbocycles. The van der Waals surface area contributed by atoms with Crippen LogP contribution in [-0.4, -0.2) is 25.8 Å². The zero-order valence-corrected chi connectivity index (χ0v) is 11.8. The van der Waals surface area contributed by atoms with E-state index in [-0.39, 0.29) is 5.60 Å². The number of rotatable bonds is 4. The Kier molecular flexibility index (Phi) is 4.48. The van der Waals surface area contributed by atoms with Crippen molar-refractivity contribution in [1.29, 1.82) is 0 Å². The van der Waals surface area contributed by atoms with Crippen molar-refractivity contribution in [3.05, 3.63) is 0 Å². The van der Waals surface area contributed by atoms with Gasteiger partial charge in [-0.25, -0.2) is 0 Å². The molecule has 0 radical (unpaired) electrons. The van der Waals surface area contributed by atoms with Crippen molar-refractivity contribution >= 4 is 0 Å². The standard InChI is InChI=1S/C15H29NO/c1-12-7-6-8-13(11-12)14(16-2)15(17-3)9-4-5-10-15/h12-14,16H,4-11H2,1-3H3. The maximum absolute atomic E-state index is 5.98. The van der Waals surface area contributed by atoms with Gasteiger partial charge in [-0.05, 0) is 44.6 Å². The Morgan fingerprint density at radius 2 is 1.88 bits per heavy atom. The lowest BCUT2D eigenvalue weighted by Crippen LogP contribution is -2.54. The van der Waals surface area contributed by atoms with Crippen LogP contribution in [0, 0.1) is 11.8 Å². The molecule has 0 saturated heterocycles. The molecule has 1 N–H and O–H groups in total. The molecule has 0 aromatic rings. The summed E-state index contributed by atoms with van der Waals surface area (Å²) in [6, 6.07) is 0.567. The van der Waals surface area contributed by atoms with Crippen LogP contribution in [-0.2, 0) is 4.74 Å². The Labute approximate surface area is 107 Å². The molecule has 3 unspecified atom stereocenters. The molecule has 0 aliphatic heterocycles. The third-order valence-electron chi connectivity index (χ3n) is 5.18. The molecule has 2 rings (SSSR count). The predicted octanol–water partition coefficient (Wildman–Crippen LogP) is 3.36. The van der Waals surface area contributed by atoms with Crippen molar-refractivity contribution in [2.45, 2.75) is 69.9 Å². The first-order chi connectivity index (χ1) is 8.22. The van der Waals surface area contributed by atoms with Crippen LogP contribution in [0.1, 0.15) is 58.3 Å². The monoisotopic (exact) mass is 239 g/mol. The Morgan fingerprint density at radius 3 is 2.41 bits per heavy atom. The largest absolute Gasteiger partial charge is 0.377 e. The van der Waals surface area contributed by atoms with E-state index >= 15 is 0 Å². The van der Waals surface area contributed by atoms with Gasteiger partial charge in [0, 0.05) is 13.2 Å². The van der Waals surface area contributed by atoms with Gasteiger partial charge in [0.25, 0.3) is 0 Å². The lowest BCUT2D eigenvalue weighted by Gasteiger charge is -2.43. The van der Waals surface area contributed by atoms with E-state index in [0.29, 0.717) is 6.04 Å². The molecule has 0 amide bonds. The second kappa shape index (κ2) is 5.71. The average molecular weight is 239 g/mol. The molecule has 0 bridgehead atoms. The van der Waals surface area contributed by atoms with Gasteiger partial charge in [-0.15, -0.1) is 0 Å². The summed E-state index contributed by atoms with van der Waals surface area (Å²) in [4.78, 5) is 0. The molecule has 2 heteroatoms. The molecule has 2 aliphatic rings. The first-order valence-electron chi connectivity index (χ1n) is 7.44. The minimum absolute atomic E-state index is 0.135. The van der Waals surface area contributed by atoms with Crippen LogP contribution >= 0.6 is 0 Å². The lowest BCUT2D eigenvalue weighted by atomic mass is 9.72. The zero-order chi connectivity index (χ0) is 12.3. The zero-order valence-electron chi connectivity index (χ0n) is 11.8. The lowest BCUT2D eigenvalue weighted by molar-refractivity contribution is -0.0565. The fraction of sp³-hybridized carbons (Fsp3) is 1.00. The quantitative estimate of drug-likeness (QED) is 0.812. The molecule has 0 aromatic heterocycles. The molecule has 17 heavy (non-hydrogen) atoms. The fourth-order valence-corrected chi connectivity index (χ4v) is 4.33. The first-order valence-corrected chi connectivity index (χ1v) is 7.44. The summed E-state index contributed by atoms with van der Waals surface area (Å²) in [5.41, 5.74) is 0.135. The maximum Gasteiger partial charge on any atom is 0.0833 e. The number of hydrogen-bond acceptors (Lipinski definition) is 2. The normalized spacial score (nSPS) is 34.8. The third kappa shape index (κ3) is 2.68. The third-order valence-corrected chi connectivity index (χ3v) is 5.18. The second-order valence-electron chi connectivity index (χ2n) is 6.27. The first kappa shape index (κ1) is 13.4. The van der Waals surface area contributed by atoms with E-state index < -0.39 is 0 Å². The van der Waals surface area contributed by atoms with Crippen LogP contribution in [0.2, 0.25) is 0 Å². The highest BCUT2D eigenvalue weighted by atomic mass is 16.5. The molecule has 100 valence electrons. The van der Waals surface area contributed by atoms with Gasteiger partial charge in [0.2, 0.25) is 0 Å². The van der Waals surface area contributed by atoms with Crippen LogP contribution in [0.5, 0.6) is 0 Å². The summed E-state index contributed by atoms with van der Waals surface area (Å²) in [7, 11) is 4.05. The minimum atomic E-state index is 0.135. The Balaban J connectivity index is 2.08. The Morgan fingerprint density at radius 1 is 1.18 bits per heavy atom. The van der Waals surface area contributed by atoms with Gasteiger partial charge in [-0.2, -0.15) is 0 Å². The average Bonchev–Trinajstić information content (AvgIpc) is 2.80. The van der Waals surface area contributed by atoms with E-state index in [0.717, 1.165) is 11.8 Å². The molecule has 2 saturated carbocycles. The van der Waals surface area contributed by atoms with Crippen LogP contribution in [0.4, 0.5) is 0 Å². The van der Waals surface area contributed by atoms with E-state index in [1.807, 2.05) is 7.11 Å². The van der Waals surface area contributed by atoms with Gasteiger partial charge in [0.15, 0.2) is 0 Å². The van der Waals surface area contributed by atoms with Gasteiger partial charge < -0.3 is 10.1 Å². The SMILES string of the molecule is CNC(C1CCCC(C)C1)C1(OC)CCCC1. The Hall–Kier alpha value is -0.0800. The molecule has 2 nitrogen and oxygen atoms in total. The van der Waals surface area contributed by atoms with Gasteiger partial charge in [0.05, 0.1) is 5.60 Å². The number of methoxy groups -OCH3 is 1. The van der Waals surface area contributed by atoms with E-state index in [2.05, 4.69) is 19.3 Å². The summed E-state index contributed by atoms with van der Waals surface area (Å²) in [6.45, 7) is 2.41. The highest BCUT2D eigenvalue weighted by molar-refractivity contribution is 5.00. The molecule has 2 aliphatic carbocycles. The van der Waals surface area contributed by atoms with E-state index in [4.69, 9.17) is 4.74 Å². The van der Waals surface area contributed by atoms with Crippen molar-refractivity contribution < 1.29 is 4.74 Å². The molecule has 2 fully saturated rings. The van der Waals surface area contributed by atoms with Gasteiger partial charge in [-0.1, -0.05) is 32.6 Å². The molecule has 0 spiro atoms. The topological polar surface area (TPSA) is 21.3 Å². The van der Waals surface area contributed by atoms with Crippen molar-refractivity contribution in [2.75, 3.05) is 14.2 Å². The van der Waals surface area contributed by atoms with Gasteiger partial charge in [-0.3, -0.25) is 0 Å². The molecule has 3 atom stereocenters. The number of hydrogen-bond donors (Lipinski definition) is 1. The summed E-state index contributed by atoms with van der Waals surface area (Å²) in [5.74, 6) is 1.72. The Bertz CT molecular complexity index is 235. The van der Waals surface area contributed by atoms with Crippen molar-refractivity contribution in [3.63, 3.8) is 0 Å². The van der Waals surface area contributed by atoms with Gasteiger partial charge >= 0.3 is 0 Å². The highest BCUT2D eigenvalue weighted by Crippen LogP contribution is 2.42. The van der Waals surface area contributed by atoms with Crippen LogP contribution in [0.3, 0.4) is 0 Å². The highest BCUT2D eigenvalue weighted by Gasteiger charge is 2.45. The molecular weight excluding hydrogens is 210 g/mol. The van der Waals surface area contributed by atoms with Crippen molar-refractivity contribution in [3.8, 4) is 0 Å². The summed E-state index contributed by atoms with van der Waals surface area (Å²) in [5, 5.41) is 3.60. The number of nitrogens with one attached hydrogen (secondary N) is 1. The number of likely N-dealkylation sites (N-methyl/N-ethyl adjacent to an activating group) is 1.